The lowest BCUT2D eigenvalue weighted by atomic mass is 10.4. The number of hydrogen-bond acceptors (Lipinski definition) is 6. The Kier molecular flexibility index (Phi) is 88.4. The van der Waals surface area contributed by atoms with Crippen molar-refractivity contribution in [3.05, 3.63) is 0 Å². The molecule has 0 saturated carbocycles. The maximum Gasteiger partial charge on any atom is 0.304 e. The van der Waals surface area contributed by atoms with Crippen molar-refractivity contribution in [3.63, 3.8) is 0 Å². The first-order valence-electron chi connectivity index (χ1n) is 9.27. The third-order valence-corrected chi connectivity index (χ3v) is 2.90. The van der Waals surface area contributed by atoms with Gasteiger partial charge in [0.2, 0.25) is 0 Å². The van der Waals surface area contributed by atoms with Crippen molar-refractivity contribution in [2.75, 3.05) is 61.1 Å². The van der Waals surface area contributed by atoms with E-state index in [-0.39, 0.29) is 0 Å². The number of thioether (sulfide) groups is 1. The number of ether oxygens (including phenoxy) is 1. The Labute approximate surface area is 173 Å². The molecule has 0 saturated heterocycles. The summed E-state index contributed by atoms with van der Waals surface area (Å²) in [5, 5.41) is 0. The first kappa shape index (κ1) is 40.9. The molecule has 0 aliphatic carbocycles. The van der Waals surface area contributed by atoms with Crippen molar-refractivity contribution in [1.82, 2.24) is 4.90 Å². The summed E-state index contributed by atoms with van der Waals surface area (Å²) >= 11 is 0.216. The van der Waals surface area contributed by atoms with E-state index in [9.17, 15) is 4.21 Å². The normalized spacial score (nSPS) is 8.27. The summed E-state index contributed by atoms with van der Waals surface area (Å²) in [6.07, 6.45) is 9.36. The molecule has 0 aliphatic rings. The summed E-state index contributed by atoms with van der Waals surface area (Å²) in [6, 6.07) is 0. The lowest BCUT2D eigenvalue weighted by Gasteiger charge is -2.07. The van der Waals surface area contributed by atoms with E-state index in [0.29, 0.717) is 0 Å². The van der Waals surface area contributed by atoms with E-state index >= 15 is 0 Å². The fourth-order valence-electron chi connectivity index (χ4n) is 0.292. The molecule has 7 heteroatoms. The van der Waals surface area contributed by atoms with Crippen LogP contribution in [0.1, 0.15) is 67.2 Å². The fraction of sp³-hybridized carbons (Fsp3) is 1.00. The van der Waals surface area contributed by atoms with Crippen LogP contribution in [0.15, 0.2) is 0 Å². The molecule has 0 fully saturated rings. The molecule has 168 valence electrons. The maximum absolute atomic E-state index is 9.85. The van der Waals surface area contributed by atoms with Gasteiger partial charge in [0, 0.05) is 14.2 Å². The smallest absolute Gasteiger partial charge is 0.304 e. The van der Waals surface area contributed by atoms with E-state index < -0.39 is 11.4 Å². The van der Waals surface area contributed by atoms with Gasteiger partial charge in [-0.05, 0) is 32.6 Å². The lowest BCUT2D eigenvalue weighted by Crippen LogP contribution is -2.15. The summed E-state index contributed by atoms with van der Waals surface area (Å²) in [5.74, 6) is 0. The Balaban J connectivity index is -0.0000000473. The highest BCUT2D eigenvalue weighted by Gasteiger charge is 1.84. The molecular formula is C19H51NO4S2. The number of rotatable bonds is 6. The third-order valence-electron chi connectivity index (χ3n) is 2.35. The Morgan fingerprint density at radius 3 is 0.923 bits per heavy atom. The number of methoxy groups -OCH3 is 1. The maximum atomic E-state index is 9.85. The molecule has 0 aromatic rings. The van der Waals surface area contributed by atoms with E-state index in [1.165, 1.54) is 39.9 Å². The molecule has 0 rings (SSSR count). The third kappa shape index (κ3) is 124. The molecular weight excluding hydrogens is 370 g/mol. The molecule has 0 aromatic carbocycles. The van der Waals surface area contributed by atoms with Gasteiger partial charge in [0.05, 0.1) is 14.2 Å². The van der Waals surface area contributed by atoms with Gasteiger partial charge in [-0.1, -0.05) is 67.2 Å². The van der Waals surface area contributed by atoms with Crippen LogP contribution in [0.25, 0.3) is 0 Å². The molecule has 0 spiro atoms. The van der Waals surface area contributed by atoms with Crippen molar-refractivity contribution in [1.29, 1.82) is 0 Å². The van der Waals surface area contributed by atoms with Crippen LogP contribution in [0.5, 0.6) is 0 Å². The van der Waals surface area contributed by atoms with Crippen LogP contribution >= 0.6 is 11.8 Å². The molecule has 0 unspecified atom stereocenters. The van der Waals surface area contributed by atoms with Gasteiger partial charge in [-0.2, -0.15) is 16.0 Å². The highest BCUT2D eigenvalue weighted by molar-refractivity contribution is 7.97. The van der Waals surface area contributed by atoms with Crippen LogP contribution in [0.2, 0.25) is 0 Å². The summed E-state index contributed by atoms with van der Waals surface area (Å²) in [5.41, 5.74) is 0. The summed E-state index contributed by atoms with van der Waals surface area (Å²) < 4.78 is 22.4. The van der Waals surface area contributed by atoms with E-state index in [4.69, 9.17) is 0 Å². The monoisotopic (exact) mass is 421 g/mol. The fourth-order valence-corrected chi connectivity index (χ4v) is 0.428. The summed E-state index contributed by atoms with van der Waals surface area (Å²) in [4.78, 5) is 2.25. The van der Waals surface area contributed by atoms with Gasteiger partial charge in [-0.25, -0.2) is 0 Å². The van der Waals surface area contributed by atoms with E-state index in [1.807, 2.05) is 12.5 Å². The van der Waals surface area contributed by atoms with Crippen molar-refractivity contribution >= 4 is 23.1 Å². The van der Waals surface area contributed by atoms with E-state index in [2.05, 4.69) is 66.6 Å². The zero-order chi connectivity index (χ0) is 22.2. The standard InChI is InChI=1S/C5H13N.2C4H10.C2H6O3S.C2H6O.C2H6S/c1-4-6(3)5-2;2*1-3-4-2;1-4-6(3)5-2;2*1-3-2/h4-5H2,1-3H3;2*3-4H2,1-2H3;1-2H3;2*1-2H3. The Morgan fingerprint density at radius 2 is 0.923 bits per heavy atom. The second-order valence-corrected chi connectivity index (χ2v) is 6.73. The quantitative estimate of drug-likeness (QED) is 0.550. The SMILES string of the molecule is CCCC.CCCC.CCN(C)CC.COC.COS(=O)OC.CSC. The van der Waals surface area contributed by atoms with Crippen LogP contribution in [0, 0.1) is 0 Å². The van der Waals surface area contributed by atoms with Crippen LogP contribution in [0.4, 0.5) is 0 Å². The zero-order valence-electron chi connectivity index (χ0n) is 20.1. The minimum atomic E-state index is -1.53. The van der Waals surface area contributed by atoms with Gasteiger partial charge >= 0.3 is 11.4 Å². The minimum absolute atomic E-state index is 1.16. The van der Waals surface area contributed by atoms with Gasteiger partial charge in [-0.15, -0.1) is 0 Å². The van der Waals surface area contributed by atoms with E-state index in [0.717, 1.165) is 13.1 Å². The largest absolute Gasteiger partial charge is 0.388 e. The predicted octanol–water partition coefficient (Wildman–Crippen LogP) is 5.67. The molecule has 0 radical (unpaired) electrons. The topological polar surface area (TPSA) is 48.0 Å². The summed E-state index contributed by atoms with van der Waals surface area (Å²) in [7, 11) is 7.97. The highest BCUT2D eigenvalue weighted by Crippen LogP contribution is 1.77. The van der Waals surface area contributed by atoms with Crippen LogP contribution < -0.4 is 0 Å². The second-order valence-electron chi connectivity index (χ2n) is 4.84. The van der Waals surface area contributed by atoms with Crippen molar-refractivity contribution in [2.45, 2.75) is 67.2 Å². The van der Waals surface area contributed by atoms with Gasteiger partial charge in [0.25, 0.3) is 0 Å². The van der Waals surface area contributed by atoms with Crippen LogP contribution in [-0.4, -0.2) is 70.2 Å². The highest BCUT2D eigenvalue weighted by atomic mass is 32.2. The molecule has 0 atom stereocenters. The molecule has 26 heavy (non-hydrogen) atoms. The van der Waals surface area contributed by atoms with Crippen molar-refractivity contribution < 1.29 is 17.3 Å². The van der Waals surface area contributed by atoms with E-state index in [1.54, 1.807) is 26.0 Å². The molecule has 0 aliphatic heterocycles. The van der Waals surface area contributed by atoms with Gasteiger partial charge in [-0.3, -0.25) is 8.37 Å². The lowest BCUT2D eigenvalue weighted by molar-refractivity contribution is 0.277. The Morgan fingerprint density at radius 1 is 0.731 bits per heavy atom. The Bertz CT molecular complexity index is 169. The minimum Gasteiger partial charge on any atom is -0.388 e. The number of hydrogen-bond donors (Lipinski definition) is 0. The zero-order valence-corrected chi connectivity index (χ0v) is 21.8. The second kappa shape index (κ2) is 56.2. The van der Waals surface area contributed by atoms with Crippen molar-refractivity contribution in [2.24, 2.45) is 0 Å². The molecule has 5 nitrogen and oxygen atoms in total. The first-order chi connectivity index (χ1) is 12.3. The molecule has 0 N–H and O–H groups in total. The molecule has 0 bridgehead atoms. The van der Waals surface area contributed by atoms with Gasteiger partial charge < -0.3 is 9.64 Å². The van der Waals surface area contributed by atoms with Crippen LogP contribution in [-0.2, 0) is 24.5 Å². The number of unbranched alkanes of at least 4 members (excludes halogenated alkanes) is 2. The molecule has 0 amide bonds. The average molecular weight is 422 g/mol. The molecule has 0 heterocycles. The van der Waals surface area contributed by atoms with Crippen LogP contribution in [0.3, 0.4) is 0 Å². The first-order valence-corrected chi connectivity index (χ1v) is 11.9. The van der Waals surface area contributed by atoms with Crippen molar-refractivity contribution in [3.8, 4) is 0 Å². The van der Waals surface area contributed by atoms with Gasteiger partial charge in [0.15, 0.2) is 0 Å². The Hall–Kier alpha value is 0.340. The molecule has 0 aromatic heterocycles. The predicted molar refractivity (Wildman–Crippen MR) is 125 cm³/mol. The average Bonchev–Trinajstić information content (AvgIpc) is 2.68. The van der Waals surface area contributed by atoms with Gasteiger partial charge in [0.1, 0.15) is 0 Å². The summed E-state index contributed by atoms with van der Waals surface area (Å²) in [6.45, 7) is 15.4. The number of nitrogens with zero attached hydrogens (tertiary/aromatic N) is 1.